The molecule has 0 aromatic heterocycles. The van der Waals surface area contributed by atoms with Gasteiger partial charge in [-0.25, -0.2) is 4.39 Å². The lowest BCUT2D eigenvalue weighted by atomic mass is 9.86. The molecule has 0 fully saturated rings. The van der Waals surface area contributed by atoms with Crippen molar-refractivity contribution in [3.05, 3.63) is 28.0 Å². The Labute approximate surface area is 114 Å². The summed E-state index contributed by atoms with van der Waals surface area (Å²) in [4.78, 5) is 11.0. The van der Waals surface area contributed by atoms with E-state index in [0.717, 1.165) is 5.56 Å². The Morgan fingerprint density at radius 2 is 2.11 bits per heavy atom. The monoisotopic (exact) mass is 318 g/mol. The number of carbonyl (C=O) groups is 1. The molecule has 0 aliphatic carbocycles. The fourth-order valence-corrected chi connectivity index (χ4v) is 1.90. The molecular formula is C13H16BrFO3. The third kappa shape index (κ3) is 3.45. The van der Waals surface area contributed by atoms with E-state index in [9.17, 15) is 9.18 Å². The molecule has 0 amide bonds. The van der Waals surface area contributed by atoms with E-state index in [4.69, 9.17) is 9.84 Å². The van der Waals surface area contributed by atoms with Crippen molar-refractivity contribution in [3.63, 3.8) is 0 Å². The summed E-state index contributed by atoms with van der Waals surface area (Å²) in [6, 6.07) is 2.93. The largest absolute Gasteiger partial charge is 0.496 e. The molecule has 0 saturated carbocycles. The van der Waals surface area contributed by atoms with Gasteiger partial charge in [0.1, 0.15) is 11.6 Å². The summed E-state index contributed by atoms with van der Waals surface area (Å²) in [7, 11) is 1.47. The molecule has 0 radical (unpaired) electrons. The van der Waals surface area contributed by atoms with E-state index < -0.39 is 17.2 Å². The smallest absolute Gasteiger partial charge is 0.309 e. The summed E-state index contributed by atoms with van der Waals surface area (Å²) in [6.45, 7) is 3.33. The van der Waals surface area contributed by atoms with Crippen LogP contribution in [0.3, 0.4) is 0 Å². The van der Waals surface area contributed by atoms with Crippen molar-refractivity contribution >= 4 is 21.9 Å². The molecule has 0 aliphatic heterocycles. The van der Waals surface area contributed by atoms with E-state index in [2.05, 4.69) is 15.9 Å². The van der Waals surface area contributed by atoms with E-state index in [-0.39, 0.29) is 0 Å². The van der Waals surface area contributed by atoms with Gasteiger partial charge in [-0.15, -0.1) is 0 Å². The minimum absolute atomic E-state index is 0.353. The van der Waals surface area contributed by atoms with Crippen LogP contribution >= 0.6 is 15.9 Å². The molecule has 5 heteroatoms. The van der Waals surface area contributed by atoms with Gasteiger partial charge in [-0.05, 0) is 54.2 Å². The lowest BCUT2D eigenvalue weighted by molar-refractivity contribution is -0.147. The van der Waals surface area contributed by atoms with Crippen LogP contribution in [0.5, 0.6) is 5.75 Å². The first-order valence-electron chi connectivity index (χ1n) is 5.53. The summed E-state index contributed by atoms with van der Waals surface area (Å²) in [5.41, 5.74) is -0.0219. The number of halogens is 2. The number of ether oxygens (including phenoxy) is 1. The fraction of sp³-hybridized carbons (Fsp3) is 0.462. The topological polar surface area (TPSA) is 46.5 Å². The third-order valence-corrected chi connectivity index (χ3v) is 3.53. The average Bonchev–Trinajstić information content (AvgIpc) is 2.30. The first-order chi connectivity index (χ1) is 8.27. The quantitative estimate of drug-likeness (QED) is 0.901. The van der Waals surface area contributed by atoms with Crippen molar-refractivity contribution in [2.75, 3.05) is 7.11 Å². The van der Waals surface area contributed by atoms with E-state index >= 15 is 0 Å². The van der Waals surface area contributed by atoms with Gasteiger partial charge in [-0.1, -0.05) is 0 Å². The minimum Gasteiger partial charge on any atom is -0.496 e. The van der Waals surface area contributed by atoms with Crippen LogP contribution in [0, 0.1) is 11.2 Å². The lowest BCUT2D eigenvalue weighted by Crippen LogP contribution is -2.24. The molecule has 18 heavy (non-hydrogen) atoms. The number of hydrogen-bond acceptors (Lipinski definition) is 2. The van der Waals surface area contributed by atoms with Crippen LogP contribution in [-0.2, 0) is 11.2 Å². The van der Waals surface area contributed by atoms with Crippen LogP contribution in [-0.4, -0.2) is 18.2 Å². The highest BCUT2D eigenvalue weighted by atomic mass is 79.9. The van der Waals surface area contributed by atoms with Gasteiger partial charge in [0.15, 0.2) is 0 Å². The van der Waals surface area contributed by atoms with Crippen LogP contribution in [0.1, 0.15) is 25.8 Å². The average molecular weight is 319 g/mol. The Morgan fingerprint density at radius 1 is 1.50 bits per heavy atom. The predicted molar refractivity (Wildman–Crippen MR) is 70.4 cm³/mol. The van der Waals surface area contributed by atoms with Gasteiger partial charge in [0, 0.05) is 6.07 Å². The van der Waals surface area contributed by atoms with Crippen LogP contribution in [0.15, 0.2) is 16.6 Å². The van der Waals surface area contributed by atoms with Crippen molar-refractivity contribution in [2.45, 2.75) is 26.7 Å². The van der Waals surface area contributed by atoms with Crippen molar-refractivity contribution in [2.24, 2.45) is 5.41 Å². The zero-order valence-corrected chi connectivity index (χ0v) is 12.2. The molecule has 0 saturated heterocycles. The molecule has 0 atom stereocenters. The highest BCUT2D eigenvalue weighted by molar-refractivity contribution is 9.10. The number of aryl methyl sites for hydroxylation is 1. The number of aliphatic carboxylic acids is 1. The van der Waals surface area contributed by atoms with Gasteiger partial charge < -0.3 is 9.84 Å². The molecule has 100 valence electrons. The van der Waals surface area contributed by atoms with Crippen LogP contribution in [0.25, 0.3) is 0 Å². The number of methoxy groups -OCH3 is 1. The molecule has 1 aromatic rings. The molecule has 0 unspecified atom stereocenters. The highest BCUT2D eigenvalue weighted by Gasteiger charge is 2.27. The standard InChI is InChI=1S/C13H16BrFO3/c1-13(2,12(16)17)5-4-8-6-9(14)10(15)7-11(8)18-3/h6-7H,4-5H2,1-3H3,(H,16,17). The summed E-state index contributed by atoms with van der Waals surface area (Å²) in [5.74, 6) is -0.798. The molecule has 3 nitrogen and oxygen atoms in total. The SMILES string of the molecule is COc1cc(F)c(Br)cc1CCC(C)(C)C(=O)O. The fourth-order valence-electron chi connectivity index (χ4n) is 1.51. The maximum absolute atomic E-state index is 13.3. The van der Waals surface area contributed by atoms with E-state index in [1.54, 1.807) is 19.9 Å². The molecule has 1 N–H and O–H groups in total. The van der Waals surface area contributed by atoms with Gasteiger partial charge in [0.2, 0.25) is 0 Å². The number of carboxylic acids is 1. The van der Waals surface area contributed by atoms with E-state index in [1.165, 1.54) is 13.2 Å². The minimum atomic E-state index is -0.845. The second kappa shape index (κ2) is 5.69. The molecule has 0 aliphatic rings. The molecular weight excluding hydrogens is 303 g/mol. The summed E-state index contributed by atoms with van der Waals surface area (Å²) in [6.07, 6.45) is 0.970. The Balaban J connectivity index is 2.91. The Morgan fingerprint density at radius 3 is 2.61 bits per heavy atom. The lowest BCUT2D eigenvalue weighted by Gasteiger charge is -2.19. The second-order valence-electron chi connectivity index (χ2n) is 4.77. The van der Waals surface area contributed by atoms with Crippen LogP contribution in [0.2, 0.25) is 0 Å². The Bertz CT molecular complexity index is 458. The van der Waals surface area contributed by atoms with Crippen LogP contribution < -0.4 is 4.74 Å². The second-order valence-corrected chi connectivity index (χ2v) is 5.62. The van der Waals surface area contributed by atoms with Crippen molar-refractivity contribution < 1.29 is 19.0 Å². The zero-order valence-electron chi connectivity index (χ0n) is 10.6. The van der Waals surface area contributed by atoms with Gasteiger partial charge in [-0.2, -0.15) is 0 Å². The number of benzene rings is 1. The number of carboxylic acid groups (broad SMARTS) is 1. The Kier molecular flexibility index (Phi) is 4.73. The summed E-state index contributed by atoms with van der Waals surface area (Å²) in [5, 5.41) is 9.04. The highest BCUT2D eigenvalue weighted by Crippen LogP contribution is 2.30. The van der Waals surface area contributed by atoms with E-state index in [1.807, 2.05) is 0 Å². The van der Waals surface area contributed by atoms with E-state index in [0.29, 0.717) is 23.1 Å². The molecule has 1 rings (SSSR count). The molecule has 1 aromatic carbocycles. The van der Waals surface area contributed by atoms with Crippen molar-refractivity contribution in [3.8, 4) is 5.75 Å². The summed E-state index contributed by atoms with van der Waals surface area (Å²) >= 11 is 3.11. The first-order valence-corrected chi connectivity index (χ1v) is 6.32. The molecule has 0 spiro atoms. The van der Waals surface area contributed by atoms with Gasteiger partial charge in [-0.3, -0.25) is 4.79 Å². The summed E-state index contributed by atoms with van der Waals surface area (Å²) < 4.78 is 18.8. The third-order valence-electron chi connectivity index (χ3n) is 2.92. The maximum Gasteiger partial charge on any atom is 0.309 e. The van der Waals surface area contributed by atoms with Gasteiger partial charge in [0.05, 0.1) is 17.0 Å². The molecule has 0 bridgehead atoms. The first kappa shape index (κ1) is 15.0. The maximum atomic E-state index is 13.3. The number of rotatable bonds is 5. The van der Waals surface area contributed by atoms with Crippen molar-refractivity contribution in [1.29, 1.82) is 0 Å². The normalized spacial score (nSPS) is 11.4. The zero-order chi connectivity index (χ0) is 13.9. The van der Waals surface area contributed by atoms with Crippen LogP contribution in [0.4, 0.5) is 4.39 Å². The number of hydrogen-bond donors (Lipinski definition) is 1. The Hall–Kier alpha value is -1.10. The van der Waals surface area contributed by atoms with Gasteiger partial charge >= 0.3 is 5.97 Å². The molecule has 0 heterocycles. The van der Waals surface area contributed by atoms with Gasteiger partial charge in [0.25, 0.3) is 0 Å². The van der Waals surface area contributed by atoms with Crippen molar-refractivity contribution in [1.82, 2.24) is 0 Å². The predicted octanol–water partition coefficient (Wildman–Crippen LogP) is 3.64.